The summed E-state index contributed by atoms with van der Waals surface area (Å²) in [5.74, 6) is -0.211. The second kappa shape index (κ2) is 17.3. The Hall–Kier alpha value is -5.64. The lowest BCUT2D eigenvalue weighted by atomic mass is 9.96. The van der Waals surface area contributed by atoms with Crippen molar-refractivity contribution in [1.82, 2.24) is 15.2 Å². The van der Waals surface area contributed by atoms with Gasteiger partial charge in [-0.3, -0.25) is 9.59 Å². The first-order valence-electron chi connectivity index (χ1n) is 17.1. The molecular formula is C40H42ClN5O7. The molecule has 53 heavy (non-hydrogen) atoms. The minimum absolute atomic E-state index is 0.0158. The fourth-order valence-electron chi connectivity index (χ4n) is 5.99. The van der Waals surface area contributed by atoms with Gasteiger partial charge in [-0.25, -0.2) is 9.78 Å². The van der Waals surface area contributed by atoms with E-state index in [0.717, 1.165) is 19.3 Å². The van der Waals surface area contributed by atoms with Gasteiger partial charge in [-0.15, -0.1) is 0 Å². The molecule has 0 aliphatic carbocycles. The van der Waals surface area contributed by atoms with Crippen LogP contribution in [0.5, 0.6) is 11.5 Å². The van der Waals surface area contributed by atoms with Crippen LogP contribution in [0.1, 0.15) is 66.3 Å². The molecule has 4 aromatic rings. The molecule has 2 heterocycles. The van der Waals surface area contributed by atoms with Gasteiger partial charge < -0.3 is 34.5 Å². The summed E-state index contributed by atoms with van der Waals surface area (Å²) in [6, 6.07) is 22.2. The molecule has 12 nitrogen and oxygen atoms in total. The number of nitrogens with one attached hydrogen (secondary N) is 2. The summed E-state index contributed by atoms with van der Waals surface area (Å²) in [6.45, 7) is 6.19. The highest BCUT2D eigenvalue weighted by Crippen LogP contribution is 2.38. The summed E-state index contributed by atoms with van der Waals surface area (Å²) in [6.07, 6.45) is 2.12. The van der Waals surface area contributed by atoms with Crippen LogP contribution >= 0.6 is 11.6 Å². The van der Waals surface area contributed by atoms with Crippen LogP contribution in [0.4, 0.5) is 10.6 Å². The van der Waals surface area contributed by atoms with Gasteiger partial charge in [-0.2, -0.15) is 5.26 Å². The third-order valence-electron chi connectivity index (χ3n) is 8.46. The maximum atomic E-state index is 13.6. The lowest BCUT2D eigenvalue weighted by Gasteiger charge is -2.36. The van der Waals surface area contributed by atoms with Crippen LogP contribution in [-0.4, -0.2) is 73.5 Å². The smallest absolute Gasteiger partial charge is 0.410 e. The molecule has 13 heteroatoms. The number of benzene rings is 3. The Morgan fingerprint density at radius 3 is 2.49 bits per heavy atom. The Balaban J connectivity index is 1.52. The molecule has 5 rings (SSSR count). The number of anilines is 1. The molecule has 0 radical (unpaired) electrons. The Morgan fingerprint density at radius 1 is 0.962 bits per heavy atom. The molecule has 0 saturated carbocycles. The minimum Gasteiger partial charge on any atom is -0.496 e. The Kier molecular flexibility index (Phi) is 12.6. The number of likely N-dealkylation sites (tertiary alicyclic amines) is 1. The van der Waals surface area contributed by atoms with Crippen molar-refractivity contribution in [3.8, 4) is 40.0 Å². The maximum Gasteiger partial charge on any atom is 0.410 e. The van der Waals surface area contributed by atoms with E-state index in [1.54, 1.807) is 77.7 Å². The summed E-state index contributed by atoms with van der Waals surface area (Å²) >= 11 is 6.31. The maximum absolute atomic E-state index is 13.6. The van der Waals surface area contributed by atoms with Gasteiger partial charge in [0.15, 0.2) is 12.6 Å². The van der Waals surface area contributed by atoms with Crippen molar-refractivity contribution in [2.24, 2.45) is 0 Å². The minimum atomic E-state index is -0.638. The zero-order chi connectivity index (χ0) is 38.1. The average Bonchev–Trinajstić information content (AvgIpc) is 3.15. The number of hydrogen-bond donors (Lipinski definition) is 2. The molecule has 1 saturated heterocycles. The van der Waals surface area contributed by atoms with Crippen LogP contribution < -0.4 is 20.1 Å². The molecule has 1 aromatic heterocycles. The molecule has 1 unspecified atom stereocenters. The number of rotatable bonds is 11. The number of ether oxygens (including phenoxy) is 4. The van der Waals surface area contributed by atoms with Crippen molar-refractivity contribution >= 4 is 35.3 Å². The van der Waals surface area contributed by atoms with Gasteiger partial charge in [0.2, 0.25) is 0 Å². The fraction of sp³-hybridized carbons (Fsp3) is 0.325. The van der Waals surface area contributed by atoms with Crippen LogP contribution in [0.15, 0.2) is 72.8 Å². The first kappa shape index (κ1) is 38.6. The fourth-order valence-corrected chi connectivity index (χ4v) is 6.15. The molecule has 2 N–H and O–H groups in total. The largest absolute Gasteiger partial charge is 0.496 e. The zero-order valence-electron chi connectivity index (χ0n) is 30.3. The summed E-state index contributed by atoms with van der Waals surface area (Å²) in [5, 5.41) is 16.7. The Morgan fingerprint density at radius 2 is 1.75 bits per heavy atom. The van der Waals surface area contributed by atoms with E-state index in [4.69, 9.17) is 35.5 Å². The van der Waals surface area contributed by atoms with E-state index in [1.165, 1.54) is 14.2 Å². The second-order valence-corrected chi connectivity index (χ2v) is 13.8. The third-order valence-corrected chi connectivity index (χ3v) is 8.69. The topological polar surface area (TPSA) is 152 Å². The van der Waals surface area contributed by atoms with Crippen molar-refractivity contribution < 1.29 is 33.3 Å². The van der Waals surface area contributed by atoms with E-state index in [2.05, 4.69) is 16.7 Å². The molecule has 3 aromatic carbocycles. The van der Waals surface area contributed by atoms with Gasteiger partial charge in [-0.05, 0) is 94.1 Å². The number of hydrogen-bond acceptors (Lipinski definition) is 9. The van der Waals surface area contributed by atoms with Crippen molar-refractivity contribution in [2.75, 3.05) is 39.4 Å². The number of nitrogens with zero attached hydrogens (tertiary/aromatic N) is 3. The standard InChI is InChI=1S/C40H42ClN5O7/c1-40(2,3)53-39(49)46-18-9-8-13-28(46)23-43-37(47)26-12-10-11-25(19-26)31-21-33(29-17-16-27(41)20-35(29)52-24-50-4)44-36(32(31)22-42)45-38(48)30-14-6-7-15-34(30)51-5/h6-7,10-12,14-17,19-21,28H,8-9,13,18,23-24H2,1-5H3,(H,43,47)(H,44,45,48). The van der Waals surface area contributed by atoms with Gasteiger partial charge in [0.05, 0.1) is 24.4 Å². The summed E-state index contributed by atoms with van der Waals surface area (Å²) in [7, 11) is 2.95. The molecular weight excluding hydrogens is 698 g/mol. The molecule has 1 fully saturated rings. The van der Waals surface area contributed by atoms with Crippen LogP contribution in [-0.2, 0) is 9.47 Å². The van der Waals surface area contributed by atoms with E-state index in [-0.39, 0.29) is 42.2 Å². The van der Waals surface area contributed by atoms with E-state index in [1.807, 2.05) is 20.8 Å². The number of carbonyl (C=O) groups excluding carboxylic acids is 3. The molecule has 3 amide bonds. The van der Waals surface area contributed by atoms with E-state index < -0.39 is 17.6 Å². The number of para-hydroxylation sites is 1. The van der Waals surface area contributed by atoms with Gasteiger partial charge in [-0.1, -0.05) is 35.9 Å². The lowest BCUT2D eigenvalue weighted by molar-refractivity contribution is 0.00984. The van der Waals surface area contributed by atoms with Crippen LogP contribution in [0.3, 0.4) is 0 Å². The number of piperidine rings is 1. The number of methoxy groups -OCH3 is 2. The number of nitriles is 1. The van der Waals surface area contributed by atoms with Gasteiger partial charge >= 0.3 is 6.09 Å². The predicted octanol–water partition coefficient (Wildman–Crippen LogP) is 7.70. The monoisotopic (exact) mass is 739 g/mol. The summed E-state index contributed by atoms with van der Waals surface area (Å²) in [5.41, 5.74) is 1.79. The van der Waals surface area contributed by atoms with Crippen LogP contribution in [0.2, 0.25) is 5.02 Å². The number of amides is 3. The number of aromatic nitrogens is 1. The first-order chi connectivity index (χ1) is 25.4. The first-order valence-corrected chi connectivity index (χ1v) is 17.5. The molecule has 276 valence electrons. The number of pyridine rings is 1. The highest BCUT2D eigenvalue weighted by Gasteiger charge is 2.31. The third kappa shape index (κ3) is 9.62. The van der Waals surface area contributed by atoms with Gasteiger partial charge in [0.25, 0.3) is 11.8 Å². The average molecular weight is 740 g/mol. The Bertz CT molecular complexity index is 2020. The predicted molar refractivity (Wildman–Crippen MR) is 201 cm³/mol. The second-order valence-electron chi connectivity index (χ2n) is 13.4. The summed E-state index contributed by atoms with van der Waals surface area (Å²) in [4.78, 5) is 46.5. The number of halogens is 1. The van der Waals surface area contributed by atoms with E-state index in [0.29, 0.717) is 51.0 Å². The van der Waals surface area contributed by atoms with Gasteiger partial charge in [0.1, 0.15) is 28.7 Å². The molecule has 1 aliphatic rings. The zero-order valence-corrected chi connectivity index (χ0v) is 31.1. The van der Waals surface area contributed by atoms with Crippen molar-refractivity contribution in [2.45, 2.75) is 51.7 Å². The van der Waals surface area contributed by atoms with E-state index >= 15 is 0 Å². The van der Waals surface area contributed by atoms with Crippen molar-refractivity contribution in [1.29, 1.82) is 5.26 Å². The van der Waals surface area contributed by atoms with Crippen LogP contribution in [0, 0.1) is 11.3 Å². The van der Waals surface area contributed by atoms with Gasteiger partial charge in [0, 0.05) is 41.9 Å². The molecule has 0 spiro atoms. The SMILES string of the molecule is COCOc1cc(Cl)ccc1-c1cc(-c2cccc(C(=O)NCC3CCCCN3C(=O)OC(C)(C)C)c2)c(C#N)c(NC(=O)c2ccccc2OC)n1. The van der Waals surface area contributed by atoms with Crippen molar-refractivity contribution in [3.63, 3.8) is 0 Å². The highest BCUT2D eigenvalue weighted by molar-refractivity contribution is 6.30. The quantitative estimate of drug-likeness (QED) is 0.147. The van der Waals surface area contributed by atoms with Crippen molar-refractivity contribution in [3.05, 3.63) is 94.5 Å². The highest BCUT2D eigenvalue weighted by atomic mass is 35.5. The Labute approximate surface area is 314 Å². The lowest BCUT2D eigenvalue weighted by Crippen LogP contribution is -2.50. The van der Waals surface area contributed by atoms with Crippen LogP contribution in [0.25, 0.3) is 22.4 Å². The normalized spacial score (nSPS) is 14.1. The molecule has 1 atom stereocenters. The molecule has 0 bridgehead atoms. The summed E-state index contributed by atoms with van der Waals surface area (Å²) < 4.78 is 22.0. The number of carbonyl (C=O) groups is 3. The van der Waals surface area contributed by atoms with E-state index in [9.17, 15) is 19.6 Å². The molecule has 1 aliphatic heterocycles.